The molecule has 2 aliphatic rings. The van der Waals surface area contributed by atoms with Gasteiger partial charge in [0.05, 0.1) is 11.9 Å². The van der Waals surface area contributed by atoms with Gasteiger partial charge in [0, 0.05) is 48.4 Å². The molecule has 1 aliphatic carbocycles. The molecule has 24 heavy (non-hydrogen) atoms. The molecule has 0 spiro atoms. The second-order valence-electron chi connectivity index (χ2n) is 7.07. The fraction of sp³-hybridized carbons (Fsp3) is 0.500. The number of anilines is 1. The highest BCUT2D eigenvalue weighted by Gasteiger charge is 2.31. The van der Waals surface area contributed by atoms with E-state index in [1.54, 1.807) is 0 Å². The number of fused-ring (bicyclic) bond motifs is 2. The first kappa shape index (κ1) is 14.0. The van der Waals surface area contributed by atoms with Gasteiger partial charge in [-0.15, -0.1) is 0 Å². The lowest BCUT2D eigenvalue weighted by Crippen LogP contribution is -2.29. The standard InChI is InChI=1S/C18H22N6/c1-11-12(2)20-16-5-8-19-24(16)18(11)23-9-6-14-15(7-10-23)21-22-17(14)13-3-4-13/h5,8,13H,3-4,6-7,9-10H2,1-2H3,(H,21,22). The lowest BCUT2D eigenvalue weighted by atomic mass is 10.1. The third kappa shape index (κ3) is 2.05. The SMILES string of the molecule is Cc1nc2ccnn2c(N2CCc3[nH]nc(C4CC4)c3CC2)c1C. The van der Waals surface area contributed by atoms with Gasteiger partial charge < -0.3 is 4.90 Å². The van der Waals surface area contributed by atoms with E-state index in [0.29, 0.717) is 5.92 Å². The van der Waals surface area contributed by atoms with E-state index in [1.807, 2.05) is 16.8 Å². The van der Waals surface area contributed by atoms with Gasteiger partial charge in [0.1, 0.15) is 5.82 Å². The number of aromatic amines is 1. The summed E-state index contributed by atoms with van der Waals surface area (Å²) in [5.41, 5.74) is 7.37. The molecular weight excluding hydrogens is 300 g/mol. The zero-order valence-corrected chi connectivity index (χ0v) is 14.2. The number of H-pyrrole nitrogens is 1. The van der Waals surface area contributed by atoms with E-state index in [9.17, 15) is 0 Å². The maximum atomic E-state index is 4.65. The molecule has 0 radical (unpaired) electrons. The van der Waals surface area contributed by atoms with Gasteiger partial charge >= 0.3 is 0 Å². The summed E-state index contributed by atoms with van der Waals surface area (Å²) in [5.74, 6) is 1.90. The highest BCUT2D eigenvalue weighted by molar-refractivity contribution is 5.57. The Morgan fingerprint density at radius 1 is 1.17 bits per heavy atom. The molecule has 124 valence electrons. The molecule has 0 bridgehead atoms. The molecule has 0 saturated heterocycles. The summed E-state index contributed by atoms with van der Waals surface area (Å²) >= 11 is 0. The zero-order chi connectivity index (χ0) is 16.3. The molecule has 6 heteroatoms. The van der Waals surface area contributed by atoms with Crippen molar-refractivity contribution in [2.24, 2.45) is 0 Å². The number of aromatic nitrogens is 5. The van der Waals surface area contributed by atoms with Crippen molar-refractivity contribution in [2.75, 3.05) is 18.0 Å². The molecule has 0 atom stereocenters. The topological polar surface area (TPSA) is 62.1 Å². The summed E-state index contributed by atoms with van der Waals surface area (Å²) in [7, 11) is 0. The molecule has 1 saturated carbocycles. The average molecular weight is 322 g/mol. The normalized spacial score (nSPS) is 18.0. The van der Waals surface area contributed by atoms with Crippen LogP contribution in [0.2, 0.25) is 0 Å². The summed E-state index contributed by atoms with van der Waals surface area (Å²) in [5, 5.41) is 12.4. The highest BCUT2D eigenvalue weighted by Crippen LogP contribution is 2.42. The molecule has 1 aliphatic heterocycles. The molecule has 4 heterocycles. The highest BCUT2D eigenvalue weighted by atomic mass is 15.3. The van der Waals surface area contributed by atoms with Crippen molar-refractivity contribution in [3.63, 3.8) is 0 Å². The maximum Gasteiger partial charge on any atom is 0.157 e. The Bertz CT molecular complexity index is 917. The van der Waals surface area contributed by atoms with E-state index >= 15 is 0 Å². The number of nitrogens with zero attached hydrogens (tertiary/aromatic N) is 5. The Morgan fingerprint density at radius 2 is 2.00 bits per heavy atom. The third-order valence-electron chi connectivity index (χ3n) is 5.50. The van der Waals surface area contributed by atoms with Crippen LogP contribution in [-0.2, 0) is 12.8 Å². The van der Waals surface area contributed by atoms with Crippen LogP contribution in [0.25, 0.3) is 5.65 Å². The number of rotatable bonds is 2. The summed E-state index contributed by atoms with van der Waals surface area (Å²) in [6.45, 7) is 6.23. The molecule has 0 unspecified atom stereocenters. The first-order chi connectivity index (χ1) is 11.7. The molecule has 0 aromatic carbocycles. The minimum Gasteiger partial charge on any atom is -0.355 e. The van der Waals surface area contributed by atoms with Crippen LogP contribution in [0.4, 0.5) is 5.82 Å². The van der Waals surface area contributed by atoms with Crippen LogP contribution in [0, 0.1) is 13.8 Å². The lowest BCUT2D eigenvalue weighted by molar-refractivity contribution is 0.741. The van der Waals surface area contributed by atoms with E-state index in [1.165, 1.54) is 41.2 Å². The van der Waals surface area contributed by atoms with Gasteiger partial charge in [-0.1, -0.05) is 0 Å². The first-order valence-electron chi connectivity index (χ1n) is 8.84. The van der Waals surface area contributed by atoms with Crippen LogP contribution >= 0.6 is 0 Å². The smallest absolute Gasteiger partial charge is 0.157 e. The molecule has 6 nitrogen and oxygen atoms in total. The molecule has 3 aromatic heterocycles. The molecule has 5 rings (SSSR count). The van der Waals surface area contributed by atoms with E-state index in [0.717, 1.165) is 37.3 Å². The van der Waals surface area contributed by atoms with Crippen molar-refractivity contribution in [1.82, 2.24) is 24.8 Å². The van der Waals surface area contributed by atoms with Gasteiger partial charge in [-0.2, -0.15) is 14.7 Å². The molecule has 1 N–H and O–H groups in total. The van der Waals surface area contributed by atoms with Crippen molar-refractivity contribution in [3.05, 3.63) is 40.5 Å². The Hall–Kier alpha value is -2.37. The van der Waals surface area contributed by atoms with Crippen LogP contribution in [0.3, 0.4) is 0 Å². The Kier molecular flexibility index (Phi) is 2.96. The summed E-state index contributed by atoms with van der Waals surface area (Å²) in [6.07, 6.45) is 6.51. The van der Waals surface area contributed by atoms with Gasteiger partial charge in [0.2, 0.25) is 0 Å². The number of aryl methyl sites for hydroxylation is 1. The maximum absolute atomic E-state index is 4.65. The van der Waals surface area contributed by atoms with Crippen molar-refractivity contribution in [2.45, 2.75) is 45.4 Å². The summed E-state index contributed by atoms with van der Waals surface area (Å²) < 4.78 is 1.99. The Labute approximate surface area is 140 Å². The molecule has 0 amide bonds. The van der Waals surface area contributed by atoms with Crippen LogP contribution < -0.4 is 4.90 Å². The summed E-state index contributed by atoms with van der Waals surface area (Å²) in [4.78, 5) is 7.11. The predicted molar refractivity (Wildman–Crippen MR) is 92.6 cm³/mol. The van der Waals surface area contributed by atoms with Crippen molar-refractivity contribution >= 4 is 11.5 Å². The van der Waals surface area contributed by atoms with Crippen molar-refractivity contribution in [3.8, 4) is 0 Å². The monoisotopic (exact) mass is 322 g/mol. The Morgan fingerprint density at radius 3 is 2.83 bits per heavy atom. The van der Waals surface area contributed by atoms with Gasteiger partial charge in [-0.25, -0.2) is 4.98 Å². The molecule has 1 fully saturated rings. The molecule has 3 aromatic rings. The second-order valence-corrected chi connectivity index (χ2v) is 7.07. The second kappa shape index (κ2) is 5.06. The fourth-order valence-corrected chi connectivity index (χ4v) is 3.91. The van der Waals surface area contributed by atoms with Gasteiger partial charge in [0.15, 0.2) is 5.65 Å². The van der Waals surface area contributed by atoms with Gasteiger partial charge in [0.25, 0.3) is 0 Å². The summed E-state index contributed by atoms with van der Waals surface area (Å²) in [6, 6.07) is 1.98. The Balaban J connectivity index is 1.53. The number of hydrogen-bond acceptors (Lipinski definition) is 4. The molecular formula is C18H22N6. The van der Waals surface area contributed by atoms with Gasteiger partial charge in [-0.05, 0) is 38.7 Å². The fourth-order valence-electron chi connectivity index (χ4n) is 3.91. The minimum atomic E-state index is 0.708. The van der Waals surface area contributed by atoms with Gasteiger partial charge in [-0.3, -0.25) is 5.10 Å². The van der Waals surface area contributed by atoms with Crippen LogP contribution in [0.5, 0.6) is 0 Å². The predicted octanol–water partition coefficient (Wildman–Crippen LogP) is 2.55. The van der Waals surface area contributed by atoms with E-state index in [2.05, 4.69) is 39.0 Å². The minimum absolute atomic E-state index is 0.708. The quantitative estimate of drug-likeness (QED) is 0.787. The lowest BCUT2D eigenvalue weighted by Gasteiger charge is -2.25. The van der Waals surface area contributed by atoms with Crippen molar-refractivity contribution in [1.29, 1.82) is 0 Å². The zero-order valence-electron chi connectivity index (χ0n) is 14.2. The number of hydrogen-bond donors (Lipinski definition) is 1. The van der Waals surface area contributed by atoms with Crippen LogP contribution in [0.1, 0.15) is 47.0 Å². The van der Waals surface area contributed by atoms with Crippen molar-refractivity contribution < 1.29 is 0 Å². The van der Waals surface area contributed by atoms with E-state index in [-0.39, 0.29) is 0 Å². The third-order valence-corrected chi connectivity index (χ3v) is 5.50. The van der Waals surface area contributed by atoms with E-state index < -0.39 is 0 Å². The van der Waals surface area contributed by atoms with Crippen LogP contribution in [-0.4, -0.2) is 37.9 Å². The number of nitrogens with one attached hydrogen (secondary N) is 1. The van der Waals surface area contributed by atoms with Crippen LogP contribution in [0.15, 0.2) is 12.3 Å². The average Bonchev–Trinajstić information content (AvgIpc) is 3.25. The largest absolute Gasteiger partial charge is 0.355 e. The first-order valence-corrected chi connectivity index (χ1v) is 8.84. The van der Waals surface area contributed by atoms with E-state index in [4.69, 9.17) is 0 Å².